The van der Waals surface area contributed by atoms with Gasteiger partial charge in [0, 0.05) is 0 Å². The Morgan fingerprint density at radius 1 is 1.55 bits per heavy atom. The van der Waals surface area contributed by atoms with Gasteiger partial charge in [0.05, 0.1) is 12.6 Å². The van der Waals surface area contributed by atoms with Gasteiger partial charge < -0.3 is 5.73 Å². The molecule has 0 saturated carbocycles. The monoisotopic (exact) mass is 177 g/mol. The van der Waals surface area contributed by atoms with Crippen molar-refractivity contribution in [1.29, 1.82) is 0 Å². The van der Waals surface area contributed by atoms with Crippen LogP contribution in [0, 0.1) is 0 Å². The summed E-state index contributed by atoms with van der Waals surface area (Å²) in [6.45, 7) is 4.41. The van der Waals surface area contributed by atoms with Crippen molar-refractivity contribution in [2.45, 2.75) is 26.4 Å². The highest BCUT2D eigenvalue weighted by atomic mass is 35.5. The zero-order chi connectivity index (χ0) is 7.56. The molecule has 0 bridgehead atoms. The molecule has 5 nitrogen and oxygen atoms in total. The van der Waals surface area contributed by atoms with Gasteiger partial charge in [0.2, 0.25) is 0 Å². The van der Waals surface area contributed by atoms with E-state index in [2.05, 4.69) is 15.5 Å². The second-order valence-electron chi connectivity index (χ2n) is 2.34. The molecule has 6 heteroatoms. The minimum Gasteiger partial charge on any atom is -0.324 e. The van der Waals surface area contributed by atoms with Crippen LogP contribution in [0.2, 0.25) is 0 Å². The summed E-state index contributed by atoms with van der Waals surface area (Å²) in [5, 5.41) is 11.0. The summed E-state index contributed by atoms with van der Waals surface area (Å²) in [5.74, 6) is 0.731. The van der Waals surface area contributed by atoms with Crippen molar-refractivity contribution in [2.24, 2.45) is 5.73 Å². The predicted molar refractivity (Wildman–Crippen MR) is 43.3 cm³/mol. The largest absolute Gasteiger partial charge is 0.324 e. The van der Waals surface area contributed by atoms with Gasteiger partial charge in [0.15, 0.2) is 5.82 Å². The van der Waals surface area contributed by atoms with Crippen LogP contribution in [0.1, 0.15) is 25.7 Å². The predicted octanol–water partition coefficient (Wildman–Crippen LogP) is 0.135. The van der Waals surface area contributed by atoms with E-state index < -0.39 is 0 Å². The maximum atomic E-state index is 5.37. The summed E-state index contributed by atoms with van der Waals surface area (Å²) in [4.78, 5) is 0. The van der Waals surface area contributed by atoms with Crippen LogP contribution in [0.3, 0.4) is 0 Å². The van der Waals surface area contributed by atoms with Crippen LogP contribution in [-0.4, -0.2) is 20.2 Å². The molecule has 0 amide bonds. The Kier molecular flexibility index (Phi) is 3.99. The molecule has 0 radical (unpaired) electrons. The second-order valence-corrected chi connectivity index (χ2v) is 2.34. The number of hydrogen-bond donors (Lipinski definition) is 1. The lowest BCUT2D eigenvalue weighted by molar-refractivity contribution is 0.494. The minimum absolute atomic E-state index is 0. The molecule has 0 aromatic carbocycles. The average molecular weight is 178 g/mol. The fraction of sp³-hybridized carbons (Fsp3) is 0.800. The van der Waals surface area contributed by atoms with Gasteiger partial charge in [-0.15, -0.1) is 17.5 Å². The van der Waals surface area contributed by atoms with E-state index >= 15 is 0 Å². The summed E-state index contributed by atoms with van der Waals surface area (Å²) >= 11 is 0. The van der Waals surface area contributed by atoms with Crippen molar-refractivity contribution < 1.29 is 0 Å². The highest BCUT2D eigenvalue weighted by Crippen LogP contribution is 2.01. The number of nitrogens with zero attached hydrogens (tertiary/aromatic N) is 4. The Hall–Kier alpha value is -0.680. The van der Waals surface area contributed by atoms with Gasteiger partial charge in [-0.1, -0.05) is 0 Å². The second kappa shape index (κ2) is 4.25. The first kappa shape index (κ1) is 10.3. The molecule has 64 valence electrons. The lowest BCUT2D eigenvalue weighted by atomic mass is 10.4. The Labute approximate surface area is 71.4 Å². The lowest BCUT2D eigenvalue weighted by Gasteiger charge is -2.04. The molecular formula is C5H12ClN5. The molecule has 11 heavy (non-hydrogen) atoms. The highest BCUT2D eigenvalue weighted by Gasteiger charge is 2.05. The molecule has 0 unspecified atom stereocenters. The summed E-state index contributed by atoms with van der Waals surface area (Å²) in [6, 6.07) is 0.286. The molecule has 0 aliphatic carbocycles. The summed E-state index contributed by atoms with van der Waals surface area (Å²) in [7, 11) is 0. The van der Waals surface area contributed by atoms with E-state index in [4.69, 9.17) is 5.73 Å². The van der Waals surface area contributed by atoms with Gasteiger partial charge in [0.1, 0.15) is 0 Å². The first-order valence-electron chi connectivity index (χ1n) is 3.22. The summed E-state index contributed by atoms with van der Waals surface area (Å²) < 4.78 is 1.71. The van der Waals surface area contributed by atoms with E-state index in [1.807, 2.05) is 13.8 Å². The van der Waals surface area contributed by atoms with Crippen molar-refractivity contribution in [1.82, 2.24) is 20.2 Å². The van der Waals surface area contributed by atoms with Crippen molar-refractivity contribution in [3.63, 3.8) is 0 Å². The first-order chi connectivity index (χ1) is 4.75. The van der Waals surface area contributed by atoms with Crippen LogP contribution in [-0.2, 0) is 6.54 Å². The third-order valence-electron chi connectivity index (χ3n) is 1.23. The number of nitrogens with two attached hydrogens (primary N) is 1. The maximum Gasteiger partial charge on any atom is 0.165 e. The van der Waals surface area contributed by atoms with E-state index in [0.717, 1.165) is 5.82 Å². The zero-order valence-electron chi connectivity index (χ0n) is 6.56. The first-order valence-corrected chi connectivity index (χ1v) is 3.22. The molecule has 0 spiro atoms. The summed E-state index contributed by atoms with van der Waals surface area (Å²) in [5.41, 5.74) is 5.37. The molecule has 0 saturated heterocycles. The van der Waals surface area contributed by atoms with E-state index in [1.54, 1.807) is 4.68 Å². The fourth-order valence-corrected chi connectivity index (χ4v) is 0.748. The van der Waals surface area contributed by atoms with Crippen LogP contribution in [0.15, 0.2) is 0 Å². The Bertz CT molecular complexity index is 208. The van der Waals surface area contributed by atoms with Crippen molar-refractivity contribution >= 4 is 12.4 Å². The van der Waals surface area contributed by atoms with Gasteiger partial charge in [-0.25, -0.2) is 4.68 Å². The van der Waals surface area contributed by atoms with Crippen molar-refractivity contribution in [3.8, 4) is 0 Å². The Balaban J connectivity index is 0.000001000. The van der Waals surface area contributed by atoms with Crippen LogP contribution in [0.4, 0.5) is 0 Å². The molecule has 0 aliphatic rings. The van der Waals surface area contributed by atoms with Gasteiger partial charge in [-0.05, 0) is 24.3 Å². The van der Waals surface area contributed by atoms with Crippen LogP contribution in [0.25, 0.3) is 0 Å². The standard InChI is InChI=1S/C5H11N5.ClH/c1-4(2)10-5(3-6)7-8-9-10;/h4H,3,6H2,1-2H3;1H. The molecule has 0 aliphatic heterocycles. The fourth-order valence-electron chi connectivity index (χ4n) is 0.748. The topological polar surface area (TPSA) is 69.6 Å². The average Bonchev–Trinajstić information content (AvgIpc) is 2.33. The Morgan fingerprint density at radius 3 is 2.55 bits per heavy atom. The molecule has 1 rings (SSSR count). The molecular weight excluding hydrogens is 166 g/mol. The molecule has 1 heterocycles. The van der Waals surface area contributed by atoms with Crippen LogP contribution >= 0.6 is 12.4 Å². The van der Waals surface area contributed by atoms with E-state index in [-0.39, 0.29) is 18.4 Å². The zero-order valence-corrected chi connectivity index (χ0v) is 7.38. The normalized spacial score (nSPS) is 9.82. The van der Waals surface area contributed by atoms with Gasteiger partial charge in [0.25, 0.3) is 0 Å². The SMILES string of the molecule is CC(C)n1nnnc1CN.Cl. The molecule has 0 fully saturated rings. The molecule has 1 aromatic heterocycles. The van der Waals surface area contributed by atoms with E-state index in [1.165, 1.54) is 0 Å². The number of hydrogen-bond acceptors (Lipinski definition) is 4. The lowest BCUT2D eigenvalue weighted by Crippen LogP contribution is -2.11. The quantitative estimate of drug-likeness (QED) is 0.698. The highest BCUT2D eigenvalue weighted by molar-refractivity contribution is 5.85. The molecule has 2 N–H and O–H groups in total. The van der Waals surface area contributed by atoms with E-state index in [0.29, 0.717) is 6.54 Å². The number of aromatic nitrogens is 4. The number of rotatable bonds is 2. The Morgan fingerprint density at radius 2 is 2.18 bits per heavy atom. The van der Waals surface area contributed by atoms with Gasteiger partial charge >= 0.3 is 0 Å². The van der Waals surface area contributed by atoms with Crippen LogP contribution in [0.5, 0.6) is 0 Å². The van der Waals surface area contributed by atoms with Crippen molar-refractivity contribution in [3.05, 3.63) is 5.82 Å². The third-order valence-corrected chi connectivity index (χ3v) is 1.23. The molecule has 0 atom stereocenters. The third kappa shape index (κ3) is 2.13. The smallest absolute Gasteiger partial charge is 0.165 e. The minimum atomic E-state index is 0. The van der Waals surface area contributed by atoms with Crippen molar-refractivity contribution in [2.75, 3.05) is 0 Å². The maximum absolute atomic E-state index is 5.37. The number of halogens is 1. The van der Waals surface area contributed by atoms with Gasteiger partial charge in [-0.2, -0.15) is 0 Å². The van der Waals surface area contributed by atoms with Gasteiger partial charge in [-0.3, -0.25) is 0 Å². The van der Waals surface area contributed by atoms with Crippen LogP contribution < -0.4 is 5.73 Å². The number of tetrazole rings is 1. The summed E-state index contributed by atoms with van der Waals surface area (Å²) in [6.07, 6.45) is 0. The van der Waals surface area contributed by atoms with E-state index in [9.17, 15) is 0 Å². The molecule has 1 aromatic rings.